The molecule has 0 aliphatic heterocycles. The molecule has 2 aromatic rings. The van der Waals surface area contributed by atoms with Gasteiger partial charge in [-0.2, -0.15) is 0 Å². The average molecular weight is 303 g/mol. The minimum atomic E-state index is -0.0266. The lowest BCUT2D eigenvalue weighted by molar-refractivity contribution is -0.115. The summed E-state index contributed by atoms with van der Waals surface area (Å²) in [6.45, 7) is 3.70. The zero-order chi connectivity index (χ0) is 15.1. The van der Waals surface area contributed by atoms with Crippen LogP contribution in [-0.2, 0) is 17.8 Å². The summed E-state index contributed by atoms with van der Waals surface area (Å²) in [5, 5.41) is 6.91. The lowest BCUT2D eigenvalue weighted by Crippen LogP contribution is -2.18. The summed E-state index contributed by atoms with van der Waals surface area (Å²) in [7, 11) is 0. The van der Waals surface area contributed by atoms with Crippen molar-refractivity contribution in [2.45, 2.75) is 19.9 Å². The first-order chi connectivity index (χ1) is 10.2. The second-order valence-corrected chi connectivity index (χ2v) is 5.23. The Kier molecular flexibility index (Phi) is 5.78. The molecule has 0 spiro atoms. The van der Waals surface area contributed by atoms with Crippen LogP contribution in [0.1, 0.15) is 18.1 Å². The van der Waals surface area contributed by atoms with Crippen molar-refractivity contribution in [3.05, 3.63) is 64.7 Å². The van der Waals surface area contributed by atoms with E-state index in [9.17, 15) is 4.79 Å². The minimum Gasteiger partial charge on any atom is -0.325 e. The molecule has 0 heterocycles. The standard InChI is InChI=1S/C17H19ClN2O/c1-2-19-12-14-5-3-4-6-16(14)20-17(21)11-13-7-9-15(18)10-8-13/h3-10,19H,2,11-12H2,1H3,(H,20,21). The number of hydrogen-bond donors (Lipinski definition) is 2. The zero-order valence-corrected chi connectivity index (χ0v) is 12.8. The van der Waals surface area contributed by atoms with Crippen LogP contribution in [0.2, 0.25) is 5.02 Å². The molecule has 0 fully saturated rings. The quantitative estimate of drug-likeness (QED) is 0.855. The normalized spacial score (nSPS) is 10.4. The molecule has 0 aliphatic carbocycles. The van der Waals surface area contributed by atoms with Crippen molar-refractivity contribution in [2.75, 3.05) is 11.9 Å². The summed E-state index contributed by atoms with van der Waals surface area (Å²) < 4.78 is 0. The third-order valence-corrected chi connectivity index (χ3v) is 3.39. The van der Waals surface area contributed by atoms with Gasteiger partial charge >= 0.3 is 0 Å². The third-order valence-electron chi connectivity index (χ3n) is 3.13. The van der Waals surface area contributed by atoms with Gasteiger partial charge in [0.25, 0.3) is 0 Å². The highest BCUT2D eigenvalue weighted by atomic mass is 35.5. The van der Waals surface area contributed by atoms with E-state index < -0.39 is 0 Å². The van der Waals surface area contributed by atoms with Crippen LogP contribution in [-0.4, -0.2) is 12.5 Å². The van der Waals surface area contributed by atoms with Crippen LogP contribution in [0.15, 0.2) is 48.5 Å². The van der Waals surface area contributed by atoms with E-state index in [0.717, 1.165) is 29.9 Å². The number of benzene rings is 2. The molecular weight excluding hydrogens is 284 g/mol. The van der Waals surface area contributed by atoms with Gasteiger partial charge in [-0.05, 0) is 35.9 Å². The molecule has 110 valence electrons. The van der Waals surface area contributed by atoms with Gasteiger partial charge in [0.1, 0.15) is 0 Å². The Labute approximate surface area is 130 Å². The van der Waals surface area contributed by atoms with E-state index in [1.165, 1.54) is 0 Å². The van der Waals surface area contributed by atoms with Gasteiger partial charge in [-0.15, -0.1) is 0 Å². The Bertz CT molecular complexity index is 596. The Hall–Kier alpha value is -1.84. The fourth-order valence-electron chi connectivity index (χ4n) is 2.04. The highest BCUT2D eigenvalue weighted by molar-refractivity contribution is 6.30. The number of carbonyl (C=O) groups excluding carboxylic acids is 1. The Morgan fingerprint density at radius 3 is 2.52 bits per heavy atom. The molecule has 0 aliphatic rings. The first-order valence-electron chi connectivity index (χ1n) is 7.02. The van der Waals surface area contributed by atoms with Crippen molar-refractivity contribution >= 4 is 23.2 Å². The predicted molar refractivity (Wildman–Crippen MR) is 87.6 cm³/mol. The Morgan fingerprint density at radius 1 is 1.10 bits per heavy atom. The molecule has 0 radical (unpaired) electrons. The highest BCUT2D eigenvalue weighted by Crippen LogP contribution is 2.16. The van der Waals surface area contributed by atoms with Crippen molar-refractivity contribution in [1.82, 2.24) is 5.32 Å². The van der Waals surface area contributed by atoms with Crippen LogP contribution in [0, 0.1) is 0 Å². The van der Waals surface area contributed by atoms with Gasteiger partial charge < -0.3 is 10.6 Å². The third kappa shape index (κ3) is 4.88. The Balaban J connectivity index is 2.00. The van der Waals surface area contributed by atoms with Crippen LogP contribution >= 0.6 is 11.6 Å². The van der Waals surface area contributed by atoms with E-state index in [4.69, 9.17) is 11.6 Å². The van der Waals surface area contributed by atoms with E-state index in [1.807, 2.05) is 36.4 Å². The molecule has 0 bridgehead atoms. The number of amides is 1. The summed E-state index contributed by atoms with van der Waals surface area (Å²) in [5.41, 5.74) is 2.89. The van der Waals surface area contributed by atoms with Gasteiger partial charge in [-0.1, -0.05) is 48.9 Å². The van der Waals surface area contributed by atoms with E-state index >= 15 is 0 Å². The molecule has 0 saturated carbocycles. The van der Waals surface area contributed by atoms with Crippen LogP contribution in [0.5, 0.6) is 0 Å². The monoisotopic (exact) mass is 302 g/mol. The SMILES string of the molecule is CCNCc1ccccc1NC(=O)Cc1ccc(Cl)cc1. The predicted octanol–water partition coefficient (Wildman–Crippen LogP) is 3.63. The fraction of sp³-hybridized carbons (Fsp3) is 0.235. The molecule has 0 atom stereocenters. The molecule has 2 aromatic carbocycles. The second kappa shape index (κ2) is 7.81. The van der Waals surface area contributed by atoms with Gasteiger partial charge in [0, 0.05) is 17.3 Å². The molecule has 2 rings (SSSR count). The van der Waals surface area contributed by atoms with Crippen molar-refractivity contribution < 1.29 is 4.79 Å². The molecule has 0 saturated heterocycles. The molecule has 1 amide bonds. The second-order valence-electron chi connectivity index (χ2n) is 4.79. The summed E-state index contributed by atoms with van der Waals surface area (Å²) in [6.07, 6.45) is 0.340. The Morgan fingerprint density at radius 2 is 1.81 bits per heavy atom. The van der Waals surface area contributed by atoms with Crippen LogP contribution < -0.4 is 10.6 Å². The van der Waals surface area contributed by atoms with E-state index in [2.05, 4.69) is 17.6 Å². The van der Waals surface area contributed by atoms with Gasteiger partial charge in [-0.3, -0.25) is 4.79 Å². The molecule has 0 aromatic heterocycles. The first kappa shape index (κ1) is 15.5. The summed E-state index contributed by atoms with van der Waals surface area (Å²) in [6, 6.07) is 15.2. The molecule has 21 heavy (non-hydrogen) atoms. The molecule has 3 nitrogen and oxygen atoms in total. The number of nitrogens with one attached hydrogen (secondary N) is 2. The average Bonchev–Trinajstić information content (AvgIpc) is 2.49. The van der Waals surface area contributed by atoms with Crippen molar-refractivity contribution in [3.63, 3.8) is 0 Å². The molecule has 0 unspecified atom stereocenters. The van der Waals surface area contributed by atoms with Crippen LogP contribution in [0.25, 0.3) is 0 Å². The molecule has 2 N–H and O–H groups in total. The number of hydrogen-bond acceptors (Lipinski definition) is 2. The van der Waals surface area contributed by atoms with Crippen molar-refractivity contribution in [3.8, 4) is 0 Å². The maximum absolute atomic E-state index is 12.1. The van der Waals surface area contributed by atoms with Gasteiger partial charge in [0.05, 0.1) is 6.42 Å². The van der Waals surface area contributed by atoms with E-state index in [0.29, 0.717) is 11.4 Å². The highest BCUT2D eigenvalue weighted by Gasteiger charge is 2.07. The number of anilines is 1. The van der Waals surface area contributed by atoms with Gasteiger partial charge in [0.2, 0.25) is 5.91 Å². The summed E-state index contributed by atoms with van der Waals surface area (Å²) in [5.74, 6) is -0.0266. The summed E-state index contributed by atoms with van der Waals surface area (Å²) in [4.78, 5) is 12.1. The number of carbonyl (C=O) groups is 1. The lowest BCUT2D eigenvalue weighted by atomic mass is 10.1. The van der Waals surface area contributed by atoms with Crippen molar-refractivity contribution in [2.24, 2.45) is 0 Å². The largest absolute Gasteiger partial charge is 0.325 e. The maximum Gasteiger partial charge on any atom is 0.228 e. The number of rotatable bonds is 6. The maximum atomic E-state index is 12.1. The van der Waals surface area contributed by atoms with Gasteiger partial charge in [0.15, 0.2) is 0 Å². The fourth-order valence-corrected chi connectivity index (χ4v) is 2.16. The van der Waals surface area contributed by atoms with Crippen LogP contribution in [0.4, 0.5) is 5.69 Å². The summed E-state index contributed by atoms with van der Waals surface area (Å²) >= 11 is 5.84. The molecule has 4 heteroatoms. The lowest BCUT2D eigenvalue weighted by Gasteiger charge is -2.11. The number of para-hydroxylation sites is 1. The van der Waals surface area contributed by atoms with Crippen molar-refractivity contribution in [1.29, 1.82) is 0 Å². The minimum absolute atomic E-state index is 0.0266. The van der Waals surface area contributed by atoms with Crippen LogP contribution in [0.3, 0.4) is 0 Å². The number of halogens is 1. The first-order valence-corrected chi connectivity index (χ1v) is 7.39. The molecular formula is C17H19ClN2O. The smallest absolute Gasteiger partial charge is 0.228 e. The van der Waals surface area contributed by atoms with E-state index in [-0.39, 0.29) is 5.91 Å². The zero-order valence-electron chi connectivity index (χ0n) is 12.0. The van der Waals surface area contributed by atoms with Gasteiger partial charge in [-0.25, -0.2) is 0 Å². The van der Waals surface area contributed by atoms with E-state index in [1.54, 1.807) is 12.1 Å². The topological polar surface area (TPSA) is 41.1 Å².